The fourth-order valence-electron chi connectivity index (χ4n) is 3.98. The second kappa shape index (κ2) is 4.68. The third kappa shape index (κ3) is 1.81. The highest BCUT2D eigenvalue weighted by Crippen LogP contribution is 2.47. The maximum Gasteiger partial charge on any atom is 0.119 e. The molecule has 3 atom stereocenters. The molecule has 0 spiro atoms. The Morgan fingerprint density at radius 3 is 2.95 bits per heavy atom. The summed E-state index contributed by atoms with van der Waals surface area (Å²) in [4.78, 5) is 0. The first-order valence-electron chi connectivity index (χ1n) is 7.29. The lowest BCUT2D eigenvalue weighted by molar-refractivity contribution is 0.233. The van der Waals surface area contributed by atoms with E-state index in [2.05, 4.69) is 37.3 Å². The van der Waals surface area contributed by atoms with E-state index in [1.807, 2.05) is 0 Å². The molecule has 19 heavy (non-hydrogen) atoms. The SMILES string of the molecule is CC[C@@]12CC=CCC(Cc3ccc(OC)cc31)[C@@H]2N. The van der Waals surface area contributed by atoms with E-state index in [4.69, 9.17) is 10.5 Å². The van der Waals surface area contributed by atoms with Gasteiger partial charge in [-0.1, -0.05) is 25.1 Å². The first kappa shape index (κ1) is 12.7. The van der Waals surface area contributed by atoms with Crippen molar-refractivity contribution in [1.82, 2.24) is 0 Å². The Kier molecular flexibility index (Phi) is 3.14. The second-order valence-corrected chi connectivity index (χ2v) is 5.93. The lowest BCUT2D eigenvalue weighted by Gasteiger charge is -2.46. The molecule has 0 aliphatic heterocycles. The highest BCUT2D eigenvalue weighted by Gasteiger charge is 2.45. The van der Waals surface area contributed by atoms with Gasteiger partial charge in [-0.2, -0.15) is 0 Å². The minimum atomic E-state index is 0.0970. The van der Waals surface area contributed by atoms with Gasteiger partial charge in [0.2, 0.25) is 0 Å². The minimum Gasteiger partial charge on any atom is -0.497 e. The Bertz CT molecular complexity index is 508. The third-order valence-corrected chi connectivity index (χ3v) is 5.20. The maximum atomic E-state index is 6.66. The zero-order valence-electron chi connectivity index (χ0n) is 11.9. The van der Waals surface area contributed by atoms with Crippen LogP contribution in [0.3, 0.4) is 0 Å². The van der Waals surface area contributed by atoms with Gasteiger partial charge in [-0.3, -0.25) is 0 Å². The van der Waals surface area contributed by atoms with E-state index in [1.54, 1.807) is 7.11 Å². The van der Waals surface area contributed by atoms with Crippen molar-refractivity contribution in [2.24, 2.45) is 11.7 Å². The predicted molar refractivity (Wildman–Crippen MR) is 78.5 cm³/mol. The summed E-state index contributed by atoms with van der Waals surface area (Å²) in [5, 5.41) is 0. The normalized spacial score (nSPS) is 32.6. The Balaban J connectivity index is 2.18. The van der Waals surface area contributed by atoms with Gasteiger partial charge in [-0.25, -0.2) is 0 Å². The van der Waals surface area contributed by atoms with E-state index < -0.39 is 0 Å². The quantitative estimate of drug-likeness (QED) is 0.826. The highest BCUT2D eigenvalue weighted by atomic mass is 16.5. The number of fused-ring (bicyclic) bond motifs is 4. The van der Waals surface area contributed by atoms with Crippen LogP contribution in [0.1, 0.15) is 37.3 Å². The molecular weight excluding hydrogens is 234 g/mol. The molecule has 3 rings (SSSR count). The van der Waals surface area contributed by atoms with Gasteiger partial charge in [-0.15, -0.1) is 0 Å². The fourth-order valence-corrected chi connectivity index (χ4v) is 3.98. The molecule has 0 heterocycles. The Hall–Kier alpha value is -1.28. The summed E-state index contributed by atoms with van der Waals surface area (Å²) in [6, 6.07) is 6.79. The molecular formula is C17H23NO. The van der Waals surface area contributed by atoms with E-state index in [9.17, 15) is 0 Å². The molecule has 0 amide bonds. The van der Waals surface area contributed by atoms with Crippen LogP contribution in [-0.2, 0) is 11.8 Å². The lowest BCUT2D eigenvalue weighted by Crippen LogP contribution is -2.52. The molecule has 2 heteroatoms. The predicted octanol–water partition coefficient (Wildman–Crippen LogP) is 3.19. The number of hydrogen-bond donors (Lipinski definition) is 1. The monoisotopic (exact) mass is 257 g/mol. The van der Waals surface area contributed by atoms with Crippen LogP contribution in [0.4, 0.5) is 0 Å². The molecule has 1 aromatic rings. The van der Waals surface area contributed by atoms with Crippen molar-refractivity contribution in [2.75, 3.05) is 7.11 Å². The van der Waals surface area contributed by atoms with Gasteiger partial charge >= 0.3 is 0 Å². The highest BCUT2D eigenvalue weighted by molar-refractivity contribution is 5.45. The van der Waals surface area contributed by atoms with Crippen LogP contribution in [-0.4, -0.2) is 13.2 Å². The molecule has 0 saturated heterocycles. The van der Waals surface area contributed by atoms with Gasteiger partial charge in [-0.05, 0) is 54.9 Å². The van der Waals surface area contributed by atoms with E-state index in [0.29, 0.717) is 5.92 Å². The molecule has 0 aromatic heterocycles. The molecule has 0 saturated carbocycles. The molecule has 2 N–H and O–H groups in total. The minimum absolute atomic E-state index is 0.0970. The largest absolute Gasteiger partial charge is 0.497 e. The molecule has 1 unspecified atom stereocenters. The van der Waals surface area contributed by atoms with Gasteiger partial charge in [0.15, 0.2) is 0 Å². The van der Waals surface area contributed by atoms with Gasteiger partial charge in [0, 0.05) is 11.5 Å². The maximum absolute atomic E-state index is 6.66. The summed E-state index contributed by atoms with van der Waals surface area (Å²) in [7, 11) is 1.74. The number of hydrogen-bond acceptors (Lipinski definition) is 2. The number of nitrogens with two attached hydrogens (primary N) is 1. The fraction of sp³-hybridized carbons (Fsp3) is 0.529. The number of allylic oxidation sites excluding steroid dienone is 2. The summed E-state index contributed by atoms with van der Waals surface area (Å²) in [6.45, 7) is 2.27. The molecule has 2 aliphatic carbocycles. The van der Waals surface area contributed by atoms with E-state index >= 15 is 0 Å². The first-order valence-corrected chi connectivity index (χ1v) is 7.29. The summed E-state index contributed by atoms with van der Waals surface area (Å²) < 4.78 is 5.42. The number of methoxy groups -OCH3 is 1. The van der Waals surface area contributed by atoms with Crippen LogP contribution in [0.5, 0.6) is 5.75 Å². The first-order chi connectivity index (χ1) is 9.21. The number of ether oxygens (including phenoxy) is 1. The van der Waals surface area contributed by atoms with Gasteiger partial charge in [0.05, 0.1) is 7.11 Å². The second-order valence-electron chi connectivity index (χ2n) is 5.93. The zero-order valence-corrected chi connectivity index (χ0v) is 11.9. The van der Waals surface area contributed by atoms with Crippen molar-refractivity contribution < 1.29 is 4.74 Å². The number of benzene rings is 1. The topological polar surface area (TPSA) is 35.2 Å². The molecule has 0 fully saturated rings. The van der Waals surface area contributed by atoms with Gasteiger partial charge < -0.3 is 10.5 Å². The Morgan fingerprint density at radius 2 is 2.21 bits per heavy atom. The number of rotatable bonds is 2. The average Bonchev–Trinajstić information content (AvgIpc) is 2.55. The average molecular weight is 257 g/mol. The summed E-state index contributed by atoms with van der Waals surface area (Å²) in [5.74, 6) is 1.53. The third-order valence-electron chi connectivity index (χ3n) is 5.20. The smallest absolute Gasteiger partial charge is 0.119 e. The van der Waals surface area contributed by atoms with Crippen molar-refractivity contribution in [3.8, 4) is 5.75 Å². The van der Waals surface area contributed by atoms with Crippen LogP contribution < -0.4 is 10.5 Å². The van der Waals surface area contributed by atoms with Crippen molar-refractivity contribution in [3.05, 3.63) is 41.5 Å². The van der Waals surface area contributed by atoms with Crippen LogP contribution in [0.2, 0.25) is 0 Å². The molecule has 1 aromatic carbocycles. The van der Waals surface area contributed by atoms with E-state index in [-0.39, 0.29) is 11.5 Å². The molecule has 2 bridgehead atoms. The standard InChI is InChI=1S/C17H23NO/c1-3-17-9-5-4-6-13(16(17)18)10-12-7-8-14(19-2)11-15(12)17/h4-5,7-8,11,13,16H,3,6,9-10,18H2,1-2H3/t13?,16-,17+/m0/s1. The van der Waals surface area contributed by atoms with Crippen molar-refractivity contribution in [1.29, 1.82) is 0 Å². The van der Waals surface area contributed by atoms with Gasteiger partial charge in [0.25, 0.3) is 0 Å². The van der Waals surface area contributed by atoms with E-state index in [0.717, 1.165) is 31.4 Å². The summed E-state index contributed by atoms with van der Waals surface area (Å²) >= 11 is 0. The van der Waals surface area contributed by atoms with Crippen LogP contribution in [0.15, 0.2) is 30.4 Å². The molecule has 2 nitrogen and oxygen atoms in total. The van der Waals surface area contributed by atoms with Crippen molar-refractivity contribution in [2.45, 2.75) is 44.1 Å². The Labute approximate surface area is 115 Å². The molecule has 0 radical (unpaired) electrons. The summed E-state index contributed by atoms with van der Waals surface area (Å²) in [5.41, 5.74) is 9.64. The zero-order chi connectivity index (χ0) is 13.5. The van der Waals surface area contributed by atoms with Gasteiger partial charge in [0.1, 0.15) is 5.75 Å². The molecule has 2 aliphatic rings. The lowest BCUT2D eigenvalue weighted by atomic mass is 9.60. The summed E-state index contributed by atoms with van der Waals surface area (Å²) in [6.07, 6.45) is 9.03. The van der Waals surface area contributed by atoms with Crippen molar-refractivity contribution >= 4 is 0 Å². The van der Waals surface area contributed by atoms with Crippen LogP contribution in [0, 0.1) is 5.92 Å². The van der Waals surface area contributed by atoms with E-state index in [1.165, 1.54) is 11.1 Å². The van der Waals surface area contributed by atoms with Crippen LogP contribution >= 0.6 is 0 Å². The van der Waals surface area contributed by atoms with Crippen molar-refractivity contribution in [3.63, 3.8) is 0 Å². The van der Waals surface area contributed by atoms with Crippen LogP contribution in [0.25, 0.3) is 0 Å². The molecule has 102 valence electrons. The Morgan fingerprint density at radius 1 is 1.37 bits per heavy atom.